The van der Waals surface area contributed by atoms with Gasteiger partial charge in [0, 0.05) is 24.1 Å². The van der Waals surface area contributed by atoms with Crippen molar-refractivity contribution >= 4 is 17.6 Å². The Balaban J connectivity index is 0.000000370. The number of carboxylic acid groups (broad SMARTS) is 1. The van der Waals surface area contributed by atoms with Gasteiger partial charge in [0.15, 0.2) is 0 Å². The van der Waals surface area contributed by atoms with Crippen molar-refractivity contribution in [1.29, 1.82) is 0 Å². The van der Waals surface area contributed by atoms with E-state index in [1.54, 1.807) is 13.4 Å². The van der Waals surface area contributed by atoms with Crippen molar-refractivity contribution in [2.45, 2.75) is 20.0 Å². The second-order valence-corrected chi connectivity index (χ2v) is 5.83. The van der Waals surface area contributed by atoms with Crippen LogP contribution in [-0.2, 0) is 11.8 Å². The van der Waals surface area contributed by atoms with Gasteiger partial charge in [-0.3, -0.25) is 9.48 Å². The number of hydrogen-bond donors (Lipinski definition) is 2. The van der Waals surface area contributed by atoms with Crippen LogP contribution in [0, 0.1) is 13.8 Å². The van der Waals surface area contributed by atoms with Crippen LogP contribution in [-0.4, -0.2) is 47.5 Å². The topological polar surface area (TPSA) is 115 Å². The van der Waals surface area contributed by atoms with Gasteiger partial charge in [-0.15, -0.1) is 5.10 Å². The minimum atomic E-state index is -5.08. The van der Waals surface area contributed by atoms with Crippen molar-refractivity contribution in [3.8, 4) is 5.69 Å². The molecule has 0 aliphatic heterocycles. The van der Waals surface area contributed by atoms with Crippen LogP contribution in [0.1, 0.15) is 22.0 Å². The Labute approximate surface area is 162 Å². The Morgan fingerprint density at radius 1 is 1.07 bits per heavy atom. The van der Waals surface area contributed by atoms with Gasteiger partial charge in [-0.25, -0.2) is 14.8 Å². The van der Waals surface area contributed by atoms with Crippen molar-refractivity contribution in [3.63, 3.8) is 0 Å². The van der Waals surface area contributed by atoms with E-state index in [1.807, 2.05) is 42.7 Å². The quantitative estimate of drug-likeness (QED) is 0.686. The number of aryl methyl sites for hydroxylation is 2. The van der Waals surface area contributed by atoms with E-state index in [-0.39, 0.29) is 11.7 Å². The second kappa shape index (κ2) is 8.54. The number of rotatable bonds is 3. The maximum Gasteiger partial charge on any atom is 0.490 e. The Morgan fingerprint density at radius 3 is 2.07 bits per heavy atom. The first-order valence-corrected chi connectivity index (χ1v) is 8.07. The largest absolute Gasteiger partial charge is 0.490 e. The molecule has 154 valence electrons. The van der Waals surface area contributed by atoms with Crippen molar-refractivity contribution in [2.75, 3.05) is 5.32 Å². The molecule has 2 heterocycles. The third-order valence-electron chi connectivity index (χ3n) is 3.70. The molecule has 0 saturated carbocycles. The molecule has 0 unspecified atom stereocenters. The maximum absolute atomic E-state index is 12.0. The molecular formula is C17H17F3N6O3. The molecule has 12 heteroatoms. The fourth-order valence-electron chi connectivity index (χ4n) is 2.09. The van der Waals surface area contributed by atoms with Gasteiger partial charge < -0.3 is 15.0 Å². The van der Waals surface area contributed by atoms with Crippen molar-refractivity contribution in [1.82, 2.24) is 24.3 Å². The molecule has 0 spiro atoms. The number of aromatic nitrogens is 5. The van der Waals surface area contributed by atoms with Crippen LogP contribution in [0.15, 0.2) is 36.9 Å². The highest BCUT2D eigenvalue weighted by molar-refractivity contribution is 6.01. The molecule has 0 saturated heterocycles. The number of nitrogens with zero attached hydrogens (tertiary/aromatic N) is 5. The molecule has 1 aromatic carbocycles. The Hall–Kier alpha value is -3.70. The van der Waals surface area contributed by atoms with Crippen LogP contribution in [0.2, 0.25) is 0 Å². The lowest BCUT2D eigenvalue weighted by atomic mass is 10.2. The summed E-state index contributed by atoms with van der Waals surface area (Å²) in [6.07, 6.45) is -1.81. The summed E-state index contributed by atoms with van der Waals surface area (Å²) >= 11 is 0. The zero-order chi connectivity index (χ0) is 21.8. The molecule has 0 aliphatic carbocycles. The van der Waals surface area contributed by atoms with Crippen LogP contribution in [0.5, 0.6) is 0 Å². The van der Waals surface area contributed by atoms with E-state index < -0.39 is 12.1 Å². The molecule has 1 amide bonds. The number of imidazole rings is 1. The Kier molecular flexibility index (Phi) is 6.36. The van der Waals surface area contributed by atoms with Crippen LogP contribution in [0.25, 0.3) is 5.69 Å². The van der Waals surface area contributed by atoms with Gasteiger partial charge in [0.25, 0.3) is 5.91 Å². The lowest BCUT2D eigenvalue weighted by Gasteiger charge is -2.07. The summed E-state index contributed by atoms with van der Waals surface area (Å²) in [4.78, 5) is 29.1. The van der Waals surface area contributed by atoms with E-state index in [1.165, 1.54) is 11.0 Å². The number of alkyl halides is 3. The zero-order valence-electron chi connectivity index (χ0n) is 15.6. The highest BCUT2D eigenvalue weighted by atomic mass is 19.4. The van der Waals surface area contributed by atoms with Gasteiger partial charge in [0.05, 0.1) is 12.0 Å². The molecule has 9 nitrogen and oxygen atoms in total. The molecule has 3 aromatic rings. The normalized spacial score (nSPS) is 10.8. The van der Waals surface area contributed by atoms with Crippen molar-refractivity contribution in [2.24, 2.45) is 7.05 Å². The predicted octanol–water partition coefficient (Wildman–Crippen LogP) is 2.50. The fourth-order valence-corrected chi connectivity index (χ4v) is 2.09. The molecule has 0 bridgehead atoms. The lowest BCUT2D eigenvalue weighted by Crippen LogP contribution is -2.21. The highest BCUT2D eigenvalue weighted by Gasteiger charge is 2.38. The zero-order valence-corrected chi connectivity index (χ0v) is 15.6. The minimum absolute atomic E-state index is 0.146. The van der Waals surface area contributed by atoms with Gasteiger partial charge in [0.2, 0.25) is 5.82 Å². The average molecular weight is 410 g/mol. The Morgan fingerprint density at radius 2 is 1.66 bits per heavy atom. The molecule has 2 aromatic heterocycles. The molecule has 0 atom stereocenters. The monoisotopic (exact) mass is 410 g/mol. The van der Waals surface area contributed by atoms with Crippen molar-refractivity contribution < 1.29 is 27.9 Å². The van der Waals surface area contributed by atoms with Crippen LogP contribution >= 0.6 is 0 Å². The van der Waals surface area contributed by atoms with Crippen LogP contribution < -0.4 is 5.32 Å². The number of aliphatic carboxylic acids is 1. The third-order valence-corrected chi connectivity index (χ3v) is 3.70. The number of carbonyl (C=O) groups excluding carboxylic acids is 1. The van der Waals surface area contributed by atoms with Crippen molar-refractivity contribution in [3.05, 3.63) is 54.1 Å². The van der Waals surface area contributed by atoms with E-state index in [0.29, 0.717) is 5.69 Å². The van der Waals surface area contributed by atoms with E-state index in [0.717, 1.165) is 17.1 Å². The smallest absolute Gasteiger partial charge is 0.475 e. The number of benzene rings is 1. The number of hydrogen-bond acceptors (Lipinski definition) is 5. The fraction of sp³-hybridized carbons (Fsp3) is 0.235. The molecule has 0 fully saturated rings. The first-order valence-electron chi connectivity index (χ1n) is 8.07. The number of anilines is 1. The SMILES string of the molecule is Cc1ncn(-c2ccc(NC(=O)c3ncn(C)n3)cc2)c1C.O=C(O)C(F)(F)F. The molecule has 2 N–H and O–H groups in total. The highest BCUT2D eigenvalue weighted by Crippen LogP contribution is 2.17. The standard InChI is InChI=1S/C15H16N6O.C2HF3O2/c1-10-11(2)21(9-16-10)13-6-4-12(5-7-13)18-15(22)14-17-8-20(3)19-14;3-2(4,5)1(6)7/h4-9H,1-3H3,(H,18,22);(H,6,7). The number of amides is 1. The van der Waals surface area contributed by atoms with Gasteiger partial charge in [-0.2, -0.15) is 13.2 Å². The maximum atomic E-state index is 12.0. The Bertz CT molecular complexity index is 1010. The summed E-state index contributed by atoms with van der Waals surface area (Å²) in [5, 5.41) is 13.9. The molecular weight excluding hydrogens is 393 g/mol. The summed E-state index contributed by atoms with van der Waals surface area (Å²) < 4.78 is 35.2. The lowest BCUT2D eigenvalue weighted by molar-refractivity contribution is -0.192. The molecule has 29 heavy (non-hydrogen) atoms. The number of nitrogens with one attached hydrogen (secondary N) is 1. The first-order chi connectivity index (χ1) is 13.5. The number of halogens is 3. The van der Waals surface area contributed by atoms with Crippen LogP contribution in [0.4, 0.5) is 18.9 Å². The summed E-state index contributed by atoms with van der Waals surface area (Å²) in [5.41, 5.74) is 3.77. The van der Waals surface area contributed by atoms with Gasteiger partial charge in [-0.1, -0.05) is 0 Å². The first kappa shape index (κ1) is 21.6. The molecule has 3 rings (SSSR count). The number of carbonyl (C=O) groups is 2. The van der Waals surface area contributed by atoms with E-state index in [9.17, 15) is 18.0 Å². The van der Waals surface area contributed by atoms with Gasteiger partial charge in [0.1, 0.15) is 6.33 Å². The summed E-state index contributed by atoms with van der Waals surface area (Å²) in [5.74, 6) is -2.94. The number of carboxylic acids is 1. The average Bonchev–Trinajstić information content (AvgIpc) is 3.22. The minimum Gasteiger partial charge on any atom is -0.475 e. The molecule has 0 radical (unpaired) electrons. The summed E-state index contributed by atoms with van der Waals surface area (Å²) in [7, 11) is 1.72. The van der Waals surface area contributed by atoms with E-state index in [4.69, 9.17) is 9.90 Å². The predicted molar refractivity (Wildman–Crippen MR) is 95.7 cm³/mol. The second-order valence-electron chi connectivity index (χ2n) is 5.83. The van der Waals surface area contributed by atoms with Crippen LogP contribution in [0.3, 0.4) is 0 Å². The van der Waals surface area contributed by atoms with Gasteiger partial charge >= 0.3 is 12.1 Å². The summed E-state index contributed by atoms with van der Waals surface area (Å²) in [6.45, 7) is 3.99. The van der Waals surface area contributed by atoms with E-state index >= 15 is 0 Å². The van der Waals surface area contributed by atoms with E-state index in [2.05, 4.69) is 20.4 Å². The molecule has 0 aliphatic rings. The summed E-state index contributed by atoms with van der Waals surface area (Å²) in [6, 6.07) is 7.53. The third kappa shape index (κ3) is 5.64. The van der Waals surface area contributed by atoms with Gasteiger partial charge in [-0.05, 0) is 38.1 Å².